The lowest BCUT2D eigenvalue weighted by molar-refractivity contribution is -0.153. The first-order valence-electron chi connectivity index (χ1n) is 9.99. The largest absolute Gasteiger partial charge is 0.480 e. The maximum absolute atomic E-state index is 12.8. The number of carbonyl (C=O) groups is 2. The van der Waals surface area contributed by atoms with Crippen LogP contribution in [0.2, 0.25) is 0 Å². The Bertz CT molecular complexity index is 882. The normalized spacial score (nSPS) is 11.7. The molecule has 152 valence electrons. The van der Waals surface area contributed by atoms with Crippen molar-refractivity contribution in [3.8, 4) is 17.2 Å². The summed E-state index contributed by atoms with van der Waals surface area (Å²) in [5.41, 5.74) is 3.22. The van der Waals surface area contributed by atoms with Gasteiger partial charge in [0.2, 0.25) is 5.91 Å². The lowest BCUT2D eigenvalue weighted by Crippen LogP contribution is -2.47. The number of rotatable bonds is 9. The fraction of sp³-hybridized carbons (Fsp3) is 0.375. The molecule has 0 saturated heterocycles. The molecule has 0 radical (unpaired) electrons. The van der Waals surface area contributed by atoms with E-state index < -0.39 is 12.0 Å². The predicted molar refractivity (Wildman–Crippen MR) is 113 cm³/mol. The first-order chi connectivity index (χ1) is 13.9. The van der Waals surface area contributed by atoms with Crippen LogP contribution in [0.5, 0.6) is 0 Å². The highest BCUT2D eigenvalue weighted by atomic mass is 16.4. The first-order valence-corrected chi connectivity index (χ1v) is 9.99. The minimum atomic E-state index is -0.982. The molecule has 1 N–H and O–H groups in total. The van der Waals surface area contributed by atoms with E-state index in [0.29, 0.717) is 12.0 Å². The second-order valence-electron chi connectivity index (χ2n) is 7.51. The third-order valence-corrected chi connectivity index (χ3v) is 4.95. The average Bonchev–Trinajstić information content (AvgIpc) is 2.71. The van der Waals surface area contributed by atoms with E-state index in [0.717, 1.165) is 29.5 Å². The Balaban J connectivity index is 2.29. The van der Waals surface area contributed by atoms with Gasteiger partial charge in [-0.15, -0.1) is 0 Å². The highest BCUT2D eigenvalue weighted by Gasteiger charge is 2.32. The molecule has 0 aliphatic carbocycles. The Labute approximate surface area is 172 Å². The predicted octanol–water partition coefficient (Wildman–Crippen LogP) is 4.85. The zero-order valence-electron chi connectivity index (χ0n) is 17.3. The molecule has 0 saturated carbocycles. The molecule has 1 atom stereocenters. The number of unbranched alkanes of at least 4 members (excludes halogenated alkanes) is 1. The maximum atomic E-state index is 12.8. The molecule has 0 fully saturated rings. The number of carboxylic acid groups (broad SMARTS) is 1. The van der Waals surface area contributed by atoms with E-state index in [1.165, 1.54) is 4.90 Å². The van der Waals surface area contributed by atoms with Crippen LogP contribution < -0.4 is 0 Å². The summed E-state index contributed by atoms with van der Waals surface area (Å²) in [5.74, 6) is -1.31. The third kappa shape index (κ3) is 5.68. The Hall–Kier alpha value is -3.13. The molecule has 0 aromatic heterocycles. The molecule has 0 bridgehead atoms. The van der Waals surface area contributed by atoms with Crippen molar-refractivity contribution in [2.24, 2.45) is 5.92 Å². The minimum absolute atomic E-state index is 0.133. The highest BCUT2D eigenvalue weighted by Crippen LogP contribution is 2.25. The van der Waals surface area contributed by atoms with E-state index in [1.54, 1.807) is 6.07 Å². The van der Waals surface area contributed by atoms with Gasteiger partial charge in [-0.2, -0.15) is 5.26 Å². The van der Waals surface area contributed by atoms with Crippen molar-refractivity contribution in [2.75, 3.05) is 0 Å². The zero-order chi connectivity index (χ0) is 21.4. The molecule has 2 aromatic carbocycles. The van der Waals surface area contributed by atoms with Gasteiger partial charge < -0.3 is 10.0 Å². The van der Waals surface area contributed by atoms with E-state index in [4.69, 9.17) is 0 Å². The van der Waals surface area contributed by atoms with Gasteiger partial charge >= 0.3 is 5.97 Å². The molecule has 0 spiro atoms. The van der Waals surface area contributed by atoms with Gasteiger partial charge in [0.1, 0.15) is 6.04 Å². The number of nitrogens with zero attached hydrogens (tertiary/aromatic N) is 2. The SMILES string of the molecule is CCCCC(=O)N(Cc1ccc(-c2ccccc2C#N)cc1)[C@H](C(=O)O)C(C)C. The summed E-state index contributed by atoms with van der Waals surface area (Å²) in [6.07, 6.45) is 1.97. The topological polar surface area (TPSA) is 81.4 Å². The number of hydrogen-bond donors (Lipinski definition) is 1. The monoisotopic (exact) mass is 392 g/mol. The molecule has 1 amide bonds. The molecular formula is C24H28N2O3. The first kappa shape index (κ1) is 22.2. The summed E-state index contributed by atoms with van der Waals surface area (Å²) < 4.78 is 0. The summed E-state index contributed by atoms with van der Waals surface area (Å²) in [5, 5.41) is 19.0. The fourth-order valence-corrected chi connectivity index (χ4v) is 3.41. The van der Waals surface area contributed by atoms with Crippen molar-refractivity contribution < 1.29 is 14.7 Å². The van der Waals surface area contributed by atoms with Crippen molar-refractivity contribution >= 4 is 11.9 Å². The van der Waals surface area contributed by atoms with Crippen LogP contribution >= 0.6 is 0 Å². The number of carbonyl (C=O) groups excluding carboxylic acids is 1. The standard InChI is InChI=1S/C24H28N2O3/c1-4-5-10-22(27)26(23(17(2)3)24(28)29)16-18-11-13-19(14-12-18)21-9-7-6-8-20(21)15-25/h6-9,11-14,17,23H,4-5,10,16H2,1-3H3,(H,28,29)/t23-/m0/s1. The van der Waals surface area contributed by atoms with Crippen LogP contribution in [0.1, 0.15) is 51.2 Å². The molecule has 5 nitrogen and oxygen atoms in total. The number of amides is 1. The third-order valence-electron chi connectivity index (χ3n) is 4.95. The number of benzene rings is 2. The number of carboxylic acids is 1. The summed E-state index contributed by atoms with van der Waals surface area (Å²) in [4.78, 5) is 26.1. The van der Waals surface area contributed by atoms with Gasteiger partial charge in [0.05, 0.1) is 11.6 Å². The van der Waals surface area contributed by atoms with Crippen molar-refractivity contribution in [1.29, 1.82) is 5.26 Å². The van der Waals surface area contributed by atoms with Crippen molar-refractivity contribution in [3.05, 3.63) is 59.7 Å². The number of aliphatic carboxylic acids is 1. The Kier molecular flexibility index (Phi) is 7.97. The van der Waals surface area contributed by atoms with Crippen LogP contribution in [0.15, 0.2) is 48.5 Å². The van der Waals surface area contributed by atoms with E-state index in [-0.39, 0.29) is 18.4 Å². The van der Waals surface area contributed by atoms with Crippen LogP contribution in [0.25, 0.3) is 11.1 Å². The molecule has 0 aliphatic heterocycles. The summed E-state index contributed by atoms with van der Waals surface area (Å²) >= 11 is 0. The van der Waals surface area contributed by atoms with Gasteiger partial charge in [-0.1, -0.05) is 69.7 Å². The van der Waals surface area contributed by atoms with Crippen molar-refractivity contribution in [3.63, 3.8) is 0 Å². The number of hydrogen-bond acceptors (Lipinski definition) is 3. The second kappa shape index (κ2) is 10.4. The molecule has 5 heteroatoms. The second-order valence-corrected chi connectivity index (χ2v) is 7.51. The van der Waals surface area contributed by atoms with Crippen LogP contribution in [0, 0.1) is 17.2 Å². The van der Waals surface area contributed by atoms with Gasteiger partial charge in [-0.25, -0.2) is 4.79 Å². The van der Waals surface area contributed by atoms with Crippen molar-refractivity contribution in [2.45, 2.75) is 52.6 Å². The highest BCUT2D eigenvalue weighted by molar-refractivity contribution is 5.84. The van der Waals surface area contributed by atoms with Gasteiger partial charge in [0.15, 0.2) is 0 Å². The quantitative estimate of drug-likeness (QED) is 0.661. The fourth-order valence-electron chi connectivity index (χ4n) is 3.41. The molecule has 2 rings (SSSR count). The smallest absolute Gasteiger partial charge is 0.326 e. The van der Waals surface area contributed by atoms with E-state index in [9.17, 15) is 20.0 Å². The summed E-state index contributed by atoms with van der Waals surface area (Å²) in [7, 11) is 0. The van der Waals surface area contributed by atoms with Gasteiger partial charge in [0.25, 0.3) is 0 Å². The number of nitriles is 1. The lowest BCUT2D eigenvalue weighted by atomic mass is 9.98. The Morgan fingerprint density at radius 2 is 1.76 bits per heavy atom. The Morgan fingerprint density at radius 1 is 1.10 bits per heavy atom. The van der Waals surface area contributed by atoms with Gasteiger partial charge in [-0.05, 0) is 35.1 Å². The van der Waals surface area contributed by atoms with Gasteiger partial charge in [-0.3, -0.25) is 4.79 Å². The molecule has 0 unspecified atom stereocenters. The molecule has 0 aliphatic rings. The van der Waals surface area contributed by atoms with E-state index in [2.05, 4.69) is 6.07 Å². The summed E-state index contributed by atoms with van der Waals surface area (Å²) in [6.45, 7) is 5.89. The minimum Gasteiger partial charge on any atom is -0.480 e. The van der Waals surface area contributed by atoms with Crippen LogP contribution in [-0.4, -0.2) is 27.9 Å². The zero-order valence-corrected chi connectivity index (χ0v) is 17.3. The summed E-state index contributed by atoms with van der Waals surface area (Å²) in [6, 6.07) is 16.3. The average molecular weight is 392 g/mol. The van der Waals surface area contributed by atoms with E-state index in [1.807, 2.05) is 63.2 Å². The maximum Gasteiger partial charge on any atom is 0.326 e. The van der Waals surface area contributed by atoms with E-state index >= 15 is 0 Å². The van der Waals surface area contributed by atoms with Crippen LogP contribution in [0.4, 0.5) is 0 Å². The van der Waals surface area contributed by atoms with Gasteiger partial charge in [0, 0.05) is 13.0 Å². The van der Waals surface area contributed by atoms with Crippen LogP contribution in [0.3, 0.4) is 0 Å². The molecule has 0 heterocycles. The van der Waals surface area contributed by atoms with Crippen molar-refractivity contribution in [1.82, 2.24) is 4.90 Å². The Morgan fingerprint density at radius 3 is 2.31 bits per heavy atom. The lowest BCUT2D eigenvalue weighted by Gasteiger charge is -2.32. The molecule has 2 aromatic rings. The molecule has 29 heavy (non-hydrogen) atoms. The molecular weight excluding hydrogens is 364 g/mol. The van der Waals surface area contributed by atoms with Crippen LogP contribution in [-0.2, 0) is 16.1 Å².